The van der Waals surface area contributed by atoms with Crippen molar-refractivity contribution in [1.29, 1.82) is 0 Å². The fourth-order valence-electron chi connectivity index (χ4n) is 1.04. The lowest BCUT2D eigenvalue weighted by Crippen LogP contribution is -2.36. The normalized spacial score (nSPS) is 14.7. The van der Waals surface area contributed by atoms with Crippen LogP contribution in [0.1, 0.15) is 6.92 Å². The highest BCUT2D eigenvalue weighted by atomic mass is 127. The van der Waals surface area contributed by atoms with Crippen molar-refractivity contribution in [3.8, 4) is 0 Å². The van der Waals surface area contributed by atoms with Crippen LogP contribution in [0.4, 0.5) is 5.95 Å². The summed E-state index contributed by atoms with van der Waals surface area (Å²) in [7, 11) is 0. The third kappa shape index (κ3) is 4.98. The van der Waals surface area contributed by atoms with Crippen LogP contribution in [0.5, 0.6) is 0 Å². The van der Waals surface area contributed by atoms with Gasteiger partial charge < -0.3 is 10.4 Å². The molecule has 0 aromatic carbocycles. The van der Waals surface area contributed by atoms with Crippen LogP contribution < -0.4 is 5.32 Å². The van der Waals surface area contributed by atoms with Gasteiger partial charge in [-0.3, -0.25) is 0 Å². The standard InChI is InChI=1S/C9H14IN3OS/c1-9(14,6-15-2)5-13-8-11-3-7(10)4-12-8/h3-4,14H,5-6H2,1-2H3,(H,11,12,13). The van der Waals surface area contributed by atoms with Gasteiger partial charge in [-0.05, 0) is 35.8 Å². The van der Waals surface area contributed by atoms with E-state index < -0.39 is 5.60 Å². The third-order valence-electron chi connectivity index (χ3n) is 1.70. The van der Waals surface area contributed by atoms with Crippen molar-refractivity contribution in [3.05, 3.63) is 16.0 Å². The van der Waals surface area contributed by atoms with Crippen molar-refractivity contribution in [2.24, 2.45) is 0 Å². The molecule has 0 spiro atoms. The quantitative estimate of drug-likeness (QED) is 0.799. The van der Waals surface area contributed by atoms with Crippen LogP contribution in [0.2, 0.25) is 0 Å². The van der Waals surface area contributed by atoms with E-state index in [0.717, 1.165) is 3.57 Å². The largest absolute Gasteiger partial charge is 0.387 e. The van der Waals surface area contributed by atoms with E-state index in [1.54, 1.807) is 31.1 Å². The number of thioether (sulfide) groups is 1. The SMILES string of the molecule is CSCC(C)(O)CNc1ncc(I)cn1. The summed E-state index contributed by atoms with van der Waals surface area (Å²) in [4.78, 5) is 8.19. The van der Waals surface area contributed by atoms with Crippen LogP contribution in [-0.4, -0.2) is 39.2 Å². The molecule has 0 aliphatic carbocycles. The lowest BCUT2D eigenvalue weighted by atomic mass is 10.1. The van der Waals surface area contributed by atoms with Crippen molar-refractivity contribution in [1.82, 2.24) is 9.97 Å². The number of hydrogen-bond donors (Lipinski definition) is 2. The van der Waals surface area contributed by atoms with Crippen LogP contribution in [0, 0.1) is 3.57 Å². The maximum atomic E-state index is 9.89. The van der Waals surface area contributed by atoms with E-state index in [9.17, 15) is 5.11 Å². The molecule has 0 bridgehead atoms. The molecule has 0 amide bonds. The number of aliphatic hydroxyl groups is 1. The molecule has 0 fully saturated rings. The highest BCUT2D eigenvalue weighted by Gasteiger charge is 2.19. The maximum absolute atomic E-state index is 9.89. The monoisotopic (exact) mass is 339 g/mol. The Labute approximate surface area is 107 Å². The molecule has 0 aliphatic heterocycles. The fourth-order valence-corrected chi connectivity index (χ4v) is 2.04. The van der Waals surface area contributed by atoms with Gasteiger partial charge in [0.25, 0.3) is 0 Å². The number of rotatable bonds is 5. The number of nitrogens with zero attached hydrogens (tertiary/aromatic N) is 2. The van der Waals surface area contributed by atoms with Crippen LogP contribution in [0.3, 0.4) is 0 Å². The van der Waals surface area contributed by atoms with Gasteiger partial charge in [0.05, 0.1) is 5.60 Å². The number of anilines is 1. The minimum Gasteiger partial charge on any atom is -0.387 e. The molecule has 0 radical (unpaired) electrons. The van der Waals surface area contributed by atoms with Crippen molar-refractivity contribution < 1.29 is 5.11 Å². The Morgan fingerprint density at radius 2 is 2.13 bits per heavy atom. The minimum absolute atomic E-state index is 0.453. The average molecular weight is 339 g/mol. The second-order valence-corrected chi connectivity index (χ2v) is 5.62. The average Bonchev–Trinajstić information content (AvgIpc) is 2.17. The lowest BCUT2D eigenvalue weighted by Gasteiger charge is -2.22. The Balaban J connectivity index is 2.46. The minimum atomic E-state index is -0.730. The Kier molecular flexibility index (Phi) is 5.07. The summed E-state index contributed by atoms with van der Waals surface area (Å²) in [6, 6.07) is 0. The van der Waals surface area contributed by atoms with Gasteiger partial charge in [0, 0.05) is 28.3 Å². The Morgan fingerprint density at radius 1 is 1.53 bits per heavy atom. The Morgan fingerprint density at radius 3 is 2.67 bits per heavy atom. The molecule has 0 aliphatic rings. The molecule has 1 rings (SSSR count). The molecule has 6 heteroatoms. The predicted octanol–water partition coefficient (Wildman–Crippen LogP) is 1.61. The molecule has 1 aromatic heterocycles. The number of hydrogen-bond acceptors (Lipinski definition) is 5. The Hall–Kier alpha value is -0.0800. The summed E-state index contributed by atoms with van der Waals surface area (Å²) >= 11 is 3.76. The third-order valence-corrected chi connectivity index (χ3v) is 3.17. The Bertz CT molecular complexity index is 305. The summed E-state index contributed by atoms with van der Waals surface area (Å²) in [5.41, 5.74) is -0.730. The molecule has 1 aromatic rings. The van der Waals surface area contributed by atoms with E-state index in [1.807, 2.05) is 6.26 Å². The molecule has 2 N–H and O–H groups in total. The second kappa shape index (κ2) is 5.86. The molecule has 84 valence electrons. The van der Waals surface area contributed by atoms with Crippen LogP contribution in [0.15, 0.2) is 12.4 Å². The van der Waals surface area contributed by atoms with Crippen molar-refractivity contribution in [2.75, 3.05) is 23.9 Å². The summed E-state index contributed by atoms with van der Waals surface area (Å²) in [5.74, 6) is 1.24. The number of nitrogens with one attached hydrogen (secondary N) is 1. The molecule has 4 nitrogen and oxygen atoms in total. The van der Waals surface area contributed by atoms with Gasteiger partial charge in [0.15, 0.2) is 0 Å². The molecular weight excluding hydrogens is 325 g/mol. The van der Waals surface area contributed by atoms with Gasteiger partial charge in [-0.25, -0.2) is 9.97 Å². The zero-order chi connectivity index (χ0) is 11.3. The van der Waals surface area contributed by atoms with Gasteiger partial charge >= 0.3 is 0 Å². The molecule has 0 saturated heterocycles. The van der Waals surface area contributed by atoms with Crippen molar-refractivity contribution in [3.63, 3.8) is 0 Å². The zero-order valence-corrected chi connectivity index (χ0v) is 11.7. The van der Waals surface area contributed by atoms with Crippen LogP contribution >= 0.6 is 34.4 Å². The highest BCUT2D eigenvalue weighted by molar-refractivity contribution is 14.1. The van der Waals surface area contributed by atoms with Crippen molar-refractivity contribution >= 4 is 40.3 Å². The summed E-state index contributed by atoms with van der Waals surface area (Å²) < 4.78 is 0.994. The summed E-state index contributed by atoms with van der Waals surface area (Å²) in [6.07, 6.45) is 5.44. The topological polar surface area (TPSA) is 58.0 Å². The molecule has 0 saturated carbocycles. The molecule has 1 atom stereocenters. The first-order valence-electron chi connectivity index (χ1n) is 4.46. The van der Waals surface area contributed by atoms with Gasteiger partial charge in [-0.15, -0.1) is 0 Å². The molecular formula is C9H14IN3OS. The number of halogens is 1. The smallest absolute Gasteiger partial charge is 0.222 e. The van der Waals surface area contributed by atoms with Gasteiger partial charge in [0.2, 0.25) is 5.95 Å². The second-order valence-electron chi connectivity index (χ2n) is 3.51. The lowest BCUT2D eigenvalue weighted by molar-refractivity contribution is 0.0995. The van der Waals surface area contributed by atoms with E-state index in [2.05, 4.69) is 37.9 Å². The maximum Gasteiger partial charge on any atom is 0.222 e. The first-order chi connectivity index (χ1) is 7.03. The van der Waals surface area contributed by atoms with Gasteiger partial charge in [-0.2, -0.15) is 11.8 Å². The fraction of sp³-hybridized carbons (Fsp3) is 0.556. The van der Waals surface area contributed by atoms with Crippen molar-refractivity contribution in [2.45, 2.75) is 12.5 Å². The van der Waals surface area contributed by atoms with E-state index in [-0.39, 0.29) is 0 Å². The van der Waals surface area contributed by atoms with E-state index in [1.165, 1.54) is 0 Å². The first-order valence-corrected chi connectivity index (χ1v) is 6.93. The first kappa shape index (κ1) is 13.0. The van der Waals surface area contributed by atoms with Gasteiger partial charge in [-0.1, -0.05) is 0 Å². The summed E-state index contributed by atoms with van der Waals surface area (Å²) in [6.45, 7) is 2.25. The predicted molar refractivity (Wildman–Crippen MR) is 72.2 cm³/mol. The highest BCUT2D eigenvalue weighted by Crippen LogP contribution is 2.11. The molecule has 15 heavy (non-hydrogen) atoms. The zero-order valence-electron chi connectivity index (χ0n) is 8.70. The van der Waals surface area contributed by atoms with Gasteiger partial charge in [0.1, 0.15) is 0 Å². The molecule has 1 unspecified atom stereocenters. The van der Waals surface area contributed by atoms with Crippen LogP contribution in [0.25, 0.3) is 0 Å². The molecule has 1 heterocycles. The number of aromatic nitrogens is 2. The summed E-state index contributed by atoms with van der Waals surface area (Å²) in [5, 5.41) is 12.9. The van der Waals surface area contributed by atoms with E-state index in [4.69, 9.17) is 0 Å². The van der Waals surface area contributed by atoms with E-state index >= 15 is 0 Å². The van der Waals surface area contributed by atoms with E-state index in [0.29, 0.717) is 18.2 Å². The van der Waals surface area contributed by atoms with Crippen LogP contribution in [-0.2, 0) is 0 Å².